The van der Waals surface area contributed by atoms with Gasteiger partial charge in [0.2, 0.25) is 0 Å². The molecular weight excluding hydrogens is 225 g/mol. The first-order valence-corrected chi connectivity index (χ1v) is 4.85. The number of methoxy groups -OCH3 is 1. The number of hydrogen-bond acceptors (Lipinski definition) is 3. The molecule has 0 bridgehead atoms. The third-order valence-corrected chi connectivity index (χ3v) is 2.16. The maximum Gasteiger partial charge on any atom is 0.273 e. The van der Waals surface area contributed by atoms with Gasteiger partial charge in [-0.05, 0) is 18.2 Å². The molecule has 0 radical (unpaired) electrons. The fourth-order valence-electron chi connectivity index (χ4n) is 1.34. The van der Waals surface area contributed by atoms with E-state index in [4.69, 9.17) is 4.74 Å². The summed E-state index contributed by atoms with van der Waals surface area (Å²) in [5.41, 5.74) is 0.713. The summed E-state index contributed by atoms with van der Waals surface area (Å²) in [6.07, 6.45) is 1.47. The Morgan fingerprint density at radius 1 is 1.47 bits per heavy atom. The minimum atomic E-state index is -0.429. The number of rotatable bonds is 3. The molecule has 0 fully saturated rings. The highest BCUT2D eigenvalue weighted by Crippen LogP contribution is 2.25. The van der Waals surface area contributed by atoms with Crippen molar-refractivity contribution in [3.8, 4) is 5.75 Å². The number of benzene rings is 1. The number of aromatic nitrogens is 2. The second kappa shape index (κ2) is 4.65. The molecule has 0 aliphatic heterocycles. The molecule has 5 nitrogen and oxygen atoms in total. The number of nitrogens with one attached hydrogen (secondary N) is 2. The number of halogens is 1. The predicted molar refractivity (Wildman–Crippen MR) is 59.5 cm³/mol. The summed E-state index contributed by atoms with van der Waals surface area (Å²) in [6.45, 7) is 0. The Balaban J connectivity index is 2.21. The van der Waals surface area contributed by atoms with Crippen molar-refractivity contribution in [3.05, 3.63) is 42.0 Å². The third kappa shape index (κ3) is 2.41. The maximum absolute atomic E-state index is 12.9. The first-order valence-electron chi connectivity index (χ1n) is 4.85. The smallest absolute Gasteiger partial charge is 0.273 e. The highest BCUT2D eigenvalue weighted by Gasteiger charge is 2.11. The molecule has 0 atom stereocenters. The highest BCUT2D eigenvalue weighted by atomic mass is 19.1. The number of ether oxygens (including phenoxy) is 1. The van der Waals surface area contributed by atoms with E-state index in [0.717, 1.165) is 0 Å². The predicted octanol–water partition coefficient (Wildman–Crippen LogP) is 1.81. The first-order chi connectivity index (χ1) is 8.20. The van der Waals surface area contributed by atoms with Crippen LogP contribution in [-0.4, -0.2) is 23.2 Å². The van der Waals surface area contributed by atoms with Crippen molar-refractivity contribution in [1.82, 2.24) is 10.2 Å². The number of anilines is 1. The van der Waals surface area contributed by atoms with Crippen LogP contribution in [0.15, 0.2) is 30.5 Å². The molecule has 1 aromatic carbocycles. The summed E-state index contributed by atoms with van der Waals surface area (Å²) in [4.78, 5) is 11.7. The molecule has 0 unspecified atom stereocenters. The van der Waals surface area contributed by atoms with Gasteiger partial charge in [0.15, 0.2) is 0 Å². The summed E-state index contributed by atoms with van der Waals surface area (Å²) in [6, 6.07) is 5.40. The standard InChI is InChI=1S/C11H10FN3O2/c1-17-10-6-7(12)2-3-8(10)14-11(16)9-4-5-13-15-9/h2-6H,1H3,(H,13,15)(H,14,16). The zero-order chi connectivity index (χ0) is 12.3. The fourth-order valence-corrected chi connectivity index (χ4v) is 1.34. The van der Waals surface area contributed by atoms with Gasteiger partial charge in [-0.15, -0.1) is 0 Å². The zero-order valence-electron chi connectivity index (χ0n) is 9.03. The van der Waals surface area contributed by atoms with Gasteiger partial charge >= 0.3 is 0 Å². The maximum atomic E-state index is 12.9. The topological polar surface area (TPSA) is 67.0 Å². The Bertz CT molecular complexity index is 526. The number of carbonyl (C=O) groups excluding carboxylic acids is 1. The number of hydrogen-bond donors (Lipinski definition) is 2. The van der Waals surface area contributed by atoms with E-state index in [1.807, 2.05) is 0 Å². The summed E-state index contributed by atoms with van der Waals surface area (Å²) in [7, 11) is 1.40. The van der Waals surface area contributed by atoms with Crippen LogP contribution < -0.4 is 10.1 Å². The Morgan fingerprint density at radius 2 is 2.29 bits per heavy atom. The lowest BCUT2D eigenvalue weighted by molar-refractivity contribution is 0.102. The van der Waals surface area contributed by atoms with Gasteiger partial charge in [-0.3, -0.25) is 9.89 Å². The largest absolute Gasteiger partial charge is 0.494 e. The summed E-state index contributed by atoms with van der Waals surface area (Å²) in [5, 5.41) is 8.78. The van der Waals surface area contributed by atoms with Gasteiger partial charge < -0.3 is 10.1 Å². The second-order valence-corrected chi connectivity index (χ2v) is 3.27. The van der Waals surface area contributed by atoms with E-state index in [2.05, 4.69) is 15.5 Å². The van der Waals surface area contributed by atoms with Crippen molar-refractivity contribution < 1.29 is 13.9 Å². The average molecular weight is 235 g/mol. The number of H-pyrrole nitrogens is 1. The highest BCUT2D eigenvalue weighted by molar-refractivity contribution is 6.03. The lowest BCUT2D eigenvalue weighted by Crippen LogP contribution is -2.13. The van der Waals surface area contributed by atoms with E-state index in [0.29, 0.717) is 11.4 Å². The van der Waals surface area contributed by atoms with Crippen molar-refractivity contribution in [3.63, 3.8) is 0 Å². The molecule has 1 aromatic heterocycles. The van der Waals surface area contributed by atoms with Crippen molar-refractivity contribution >= 4 is 11.6 Å². The molecule has 0 spiro atoms. The van der Waals surface area contributed by atoms with Gasteiger partial charge in [0, 0.05) is 12.3 Å². The van der Waals surface area contributed by atoms with Crippen molar-refractivity contribution in [2.75, 3.05) is 12.4 Å². The van der Waals surface area contributed by atoms with E-state index in [9.17, 15) is 9.18 Å². The molecule has 0 saturated carbocycles. The molecule has 0 aliphatic carbocycles. The first kappa shape index (κ1) is 11.1. The van der Waals surface area contributed by atoms with E-state index in [1.54, 1.807) is 0 Å². The van der Waals surface area contributed by atoms with Crippen molar-refractivity contribution in [2.45, 2.75) is 0 Å². The van der Waals surface area contributed by atoms with Gasteiger partial charge in [0.05, 0.1) is 12.8 Å². The van der Waals surface area contributed by atoms with Crippen molar-refractivity contribution in [2.24, 2.45) is 0 Å². The summed E-state index contributed by atoms with van der Waals surface area (Å²) in [5.74, 6) is -0.535. The molecule has 1 heterocycles. The molecule has 0 aliphatic rings. The van der Waals surface area contributed by atoms with Crippen LogP contribution in [-0.2, 0) is 0 Å². The molecule has 2 N–H and O–H groups in total. The van der Waals surface area contributed by atoms with Crippen molar-refractivity contribution in [1.29, 1.82) is 0 Å². The SMILES string of the molecule is COc1cc(F)ccc1NC(=O)c1ccn[nH]1. The monoisotopic (exact) mass is 235 g/mol. The van der Waals surface area contributed by atoms with Gasteiger partial charge in [-0.25, -0.2) is 4.39 Å². The average Bonchev–Trinajstić information content (AvgIpc) is 2.85. The molecule has 88 valence electrons. The number of nitrogens with zero attached hydrogens (tertiary/aromatic N) is 1. The molecule has 1 amide bonds. The van der Waals surface area contributed by atoms with Crippen LogP contribution in [0, 0.1) is 5.82 Å². The number of carbonyl (C=O) groups is 1. The van der Waals surface area contributed by atoms with Crippen LogP contribution in [0.4, 0.5) is 10.1 Å². The normalized spacial score (nSPS) is 10.0. The van der Waals surface area contributed by atoms with Gasteiger partial charge in [-0.1, -0.05) is 0 Å². The lowest BCUT2D eigenvalue weighted by Gasteiger charge is -2.09. The molecule has 2 aromatic rings. The number of amides is 1. The van der Waals surface area contributed by atoms with Gasteiger partial charge in [0.25, 0.3) is 5.91 Å². The lowest BCUT2D eigenvalue weighted by atomic mass is 10.2. The van der Waals surface area contributed by atoms with Crippen LogP contribution in [0.3, 0.4) is 0 Å². The second-order valence-electron chi connectivity index (χ2n) is 3.27. The summed E-state index contributed by atoms with van der Waals surface area (Å²) < 4.78 is 17.9. The molecule has 0 saturated heterocycles. The summed E-state index contributed by atoms with van der Waals surface area (Å²) >= 11 is 0. The molecule has 2 rings (SSSR count). The Hall–Kier alpha value is -2.37. The zero-order valence-corrected chi connectivity index (χ0v) is 9.03. The van der Waals surface area contributed by atoms with Crippen LogP contribution in [0.1, 0.15) is 10.5 Å². The Kier molecular flexibility index (Phi) is 3.04. The Morgan fingerprint density at radius 3 is 2.94 bits per heavy atom. The molecule has 17 heavy (non-hydrogen) atoms. The minimum Gasteiger partial charge on any atom is -0.494 e. The molecule has 6 heteroatoms. The van der Waals surface area contributed by atoms with Gasteiger partial charge in [0.1, 0.15) is 17.3 Å². The van der Waals surface area contributed by atoms with E-state index < -0.39 is 5.82 Å². The van der Waals surface area contributed by atoms with E-state index >= 15 is 0 Å². The number of aromatic amines is 1. The van der Waals surface area contributed by atoms with Gasteiger partial charge in [-0.2, -0.15) is 5.10 Å². The minimum absolute atomic E-state index is 0.262. The quantitative estimate of drug-likeness (QED) is 0.852. The molecular formula is C11H10FN3O2. The van der Waals surface area contributed by atoms with E-state index in [-0.39, 0.29) is 11.7 Å². The fraction of sp³-hybridized carbons (Fsp3) is 0.0909. The third-order valence-electron chi connectivity index (χ3n) is 2.16. The van der Waals surface area contributed by atoms with E-state index in [1.165, 1.54) is 37.6 Å². The van der Waals surface area contributed by atoms with Crippen LogP contribution in [0.25, 0.3) is 0 Å². The Labute approximate surface area is 96.6 Å². The van der Waals surface area contributed by atoms with Crippen LogP contribution in [0.5, 0.6) is 5.75 Å². The van der Waals surface area contributed by atoms with Crippen LogP contribution in [0.2, 0.25) is 0 Å². The van der Waals surface area contributed by atoms with Crippen LogP contribution >= 0.6 is 0 Å².